The van der Waals surface area contributed by atoms with Crippen molar-refractivity contribution in [1.82, 2.24) is 5.32 Å². The molecule has 1 heterocycles. The maximum absolute atomic E-state index is 12.8. The Kier molecular flexibility index (Phi) is 5.39. The Balaban J connectivity index is 1.68. The first-order valence-corrected chi connectivity index (χ1v) is 11.4. The van der Waals surface area contributed by atoms with Gasteiger partial charge in [0.25, 0.3) is 11.8 Å². The standard InChI is InChI=1S/C23H19N3O4S/c1-31(29,30)17-13-11-16(12-14-17)22(27)26-21-23(28)24-19-10-6-5-9-18(19)20(25-21)15-7-3-2-4-8-15/h2-14,21H,1H3,(H,24,28)(H,26,27). The summed E-state index contributed by atoms with van der Waals surface area (Å²) in [6.07, 6.45) is -0.0696. The molecule has 8 heteroatoms. The summed E-state index contributed by atoms with van der Waals surface area (Å²) in [5, 5.41) is 5.44. The molecule has 0 saturated carbocycles. The fourth-order valence-electron chi connectivity index (χ4n) is 3.24. The normalized spacial score (nSPS) is 15.8. The van der Waals surface area contributed by atoms with E-state index in [0.717, 1.165) is 17.4 Å². The highest BCUT2D eigenvalue weighted by Crippen LogP contribution is 2.23. The minimum Gasteiger partial charge on any atom is -0.322 e. The number of benzodiazepines with no additional fused rings is 1. The highest BCUT2D eigenvalue weighted by atomic mass is 32.2. The van der Waals surface area contributed by atoms with Gasteiger partial charge < -0.3 is 10.6 Å². The second-order valence-corrected chi connectivity index (χ2v) is 9.07. The minimum absolute atomic E-state index is 0.107. The molecule has 0 saturated heterocycles. The number of carbonyl (C=O) groups excluding carboxylic acids is 2. The number of benzene rings is 3. The number of nitrogens with one attached hydrogen (secondary N) is 2. The topological polar surface area (TPSA) is 105 Å². The number of hydrogen-bond donors (Lipinski definition) is 2. The molecule has 31 heavy (non-hydrogen) atoms. The molecule has 1 unspecified atom stereocenters. The van der Waals surface area contributed by atoms with E-state index < -0.39 is 27.8 Å². The summed E-state index contributed by atoms with van der Waals surface area (Å²) < 4.78 is 23.2. The first kappa shape index (κ1) is 20.5. The Hall–Kier alpha value is -3.78. The van der Waals surface area contributed by atoms with E-state index >= 15 is 0 Å². The molecule has 0 radical (unpaired) electrons. The summed E-state index contributed by atoms with van der Waals surface area (Å²) in [5.41, 5.74) is 2.95. The number of carbonyl (C=O) groups is 2. The van der Waals surface area contributed by atoms with Crippen molar-refractivity contribution in [3.05, 3.63) is 95.6 Å². The molecular weight excluding hydrogens is 414 g/mol. The van der Waals surface area contributed by atoms with Gasteiger partial charge in [0.15, 0.2) is 9.84 Å². The van der Waals surface area contributed by atoms with Crippen LogP contribution in [0.3, 0.4) is 0 Å². The van der Waals surface area contributed by atoms with Gasteiger partial charge in [0.1, 0.15) is 0 Å². The maximum Gasteiger partial charge on any atom is 0.269 e. The van der Waals surface area contributed by atoms with Crippen molar-refractivity contribution in [1.29, 1.82) is 0 Å². The van der Waals surface area contributed by atoms with Crippen molar-refractivity contribution in [2.45, 2.75) is 11.1 Å². The van der Waals surface area contributed by atoms with E-state index in [9.17, 15) is 18.0 Å². The van der Waals surface area contributed by atoms with Crippen LogP contribution in [0.4, 0.5) is 5.69 Å². The average Bonchev–Trinajstić information content (AvgIpc) is 2.90. The number of amides is 2. The van der Waals surface area contributed by atoms with E-state index in [1.54, 1.807) is 6.07 Å². The molecule has 0 bridgehead atoms. The molecule has 0 aliphatic carbocycles. The van der Waals surface area contributed by atoms with Crippen molar-refractivity contribution in [2.75, 3.05) is 11.6 Å². The molecule has 7 nitrogen and oxygen atoms in total. The van der Waals surface area contributed by atoms with Gasteiger partial charge in [-0.15, -0.1) is 0 Å². The number of rotatable bonds is 4. The lowest BCUT2D eigenvalue weighted by molar-refractivity contribution is -0.117. The molecule has 2 N–H and O–H groups in total. The van der Waals surface area contributed by atoms with Crippen molar-refractivity contribution >= 4 is 33.1 Å². The van der Waals surface area contributed by atoms with Gasteiger partial charge in [-0.2, -0.15) is 0 Å². The molecule has 1 atom stereocenters. The zero-order chi connectivity index (χ0) is 22.0. The largest absolute Gasteiger partial charge is 0.322 e. The van der Waals surface area contributed by atoms with Crippen molar-refractivity contribution in [3.8, 4) is 0 Å². The van der Waals surface area contributed by atoms with Crippen LogP contribution in [-0.4, -0.2) is 38.4 Å². The SMILES string of the molecule is CS(=O)(=O)c1ccc(C(=O)NC2N=C(c3ccccc3)c3ccccc3NC2=O)cc1. The Morgan fingerprint density at radius 2 is 1.58 bits per heavy atom. The summed E-state index contributed by atoms with van der Waals surface area (Å²) in [5.74, 6) is -1.01. The first-order valence-electron chi connectivity index (χ1n) is 9.47. The van der Waals surface area contributed by atoms with Crippen LogP contribution < -0.4 is 10.6 Å². The lowest BCUT2D eigenvalue weighted by Gasteiger charge is -2.13. The maximum atomic E-state index is 12.8. The Morgan fingerprint density at radius 3 is 2.26 bits per heavy atom. The fourth-order valence-corrected chi connectivity index (χ4v) is 3.87. The minimum atomic E-state index is -3.37. The number of aliphatic imine (C=N–C) groups is 1. The number of para-hydroxylation sites is 1. The van der Waals surface area contributed by atoms with Crippen LogP contribution in [-0.2, 0) is 14.6 Å². The first-order chi connectivity index (χ1) is 14.8. The Labute approximate surface area is 179 Å². The van der Waals surface area contributed by atoms with Crippen LogP contribution >= 0.6 is 0 Å². The van der Waals surface area contributed by atoms with Gasteiger partial charge in [0, 0.05) is 22.9 Å². The predicted molar refractivity (Wildman–Crippen MR) is 118 cm³/mol. The van der Waals surface area contributed by atoms with Gasteiger partial charge in [-0.25, -0.2) is 13.4 Å². The molecule has 3 aromatic rings. The van der Waals surface area contributed by atoms with Gasteiger partial charge in [-0.1, -0.05) is 48.5 Å². The molecule has 0 fully saturated rings. The van der Waals surface area contributed by atoms with E-state index in [1.165, 1.54) is 24.3 Å². The summed E-state index contributed by atoms with van der Waals surface area (Å²) in [6.45, 7) is 0. The van der Waals surface area contributed by atoms with E-state index in [4.69, 9.17) is 0 Å². The number of anilines is 1. The van der Waals surface area contributed by atoms with Gasteiger partial charge in [0.05, 0.1) is 16.3 Å². The van der Waals surface area contributed by atoms with E-state index in [2.05, 4.69) is 15.6 Å². The molecule has 1 aliphatic heterocycles. The van der Waals surface area contributed by atoms with Crippen LogP contribution in [0.25, 0.3) is 0 Å². The van der Waals surface area contributed by atoms with Crippen LogP contribution in [0, 0.1) is 0 Å². The smallest absolute Gasteiger partial charge is 0.269 e. The Morgan fingerprint density at radius 1 is 0.935 bits per heavy atom. The third-order valence-corrected chi connectivity index (χ3v) is 5.93. The third-order valence-electron chi connectivity index (χ3n) is 4.81. The number of hydrogen-bond acceptors (Lipinski definition) is 5. The molecule has 2 amide bonds. The summed E-state index contributed by atoms with van der Waals surface area (Å²) in [7, 11) is -3.37. The lowest BCUT2D eigenvalue weighted by atomic mass is 10.0. The molecule has 0 spiro atoms. The fraction of sp³-hybridized carbons (Fsp3) is 0.0870. The molecule has 3 aromatic carbocycles. The van der Waals surface area contributed by atoms with Gasteiger partial charge >= 0.3 is 0 Å². The molecule has 4 rings (SSSR count). The lowest BCUT2D eigenvalue weighted by Crippen LogP contribution is -2.42. The average molecular weight is 433 g/mol. The molecular formula is C23H19N3O4S. The number of nitrogens with zero attached hydrogens (tertiary/aromatic N) is 1. The molecule has 0 aromatic heterocycles. The summed E-state index contributed by atoms with van der Waals surface area (Å²) in [6, 6.07) is 22.2. The van der Waals surface area contributed by atoms with Gasteiger partial charge in [-0.05, 0) is 30.3 Å². The van der Waals surface area contributed by atoms with Gasteiger partial charge in [0.2, 0.25) is 6.17 Å². The van der Waals surface area contributed by atoms with Crippen LogP contribution in [0.2, 0.25) is 0 Å². The van der Waals surface area contributed by atoms with Crippen LogP contribution in [0.15, 0.2) is 88.8 Å². The monoisotopic (exact) mass is 433 g/mol. The number of sulfone groups is 1. The quantitative estimate of drug-likeness (QED) is 0.660. The van der Waals surface area contributed by atoms with Crippen molar-refractivity contribution < 1.29 is 18.0 Å². The highest BCUT2D eigenvalue weighted by molar-refractivity contribution is 7.90. The van der Waals surface area contributed by atoms with Crippen molar-refractivity contribution in [3.63, 3.8) is 0 Å². The zero-order valence-electron chi connectivity index (χ0n) is 16.6. The van der Waals surface area contributed by atoms with E-state index in [-0.39, 0.29) is 10.5 Å². The predicted octanol–water partition coefficient (Wildman–Crippen LogP) is 2.64. The van der Waals surface area contributed by atoms with E-state index in [1.807, 2.05) is 48.5 Å². The van der Waals surface area contributed by atoms with E-state index in [0.29, 0.717) is 11.4 Å². The molecule has 1 aliphatic rings. The highest BCUT2D eigenvalue weighted by Gasteiger charge is 2.27. The van der Waals surface area contributed by atoms with Crippen LogP contribution in [0.5, 0.6) is 0 Å². The van der Waals surface area contributed by atoms with Crippen molar-refractivity contribution in [2.24, 2.45) is 4.99 Å². The van der Waals surface area contributed by atoms with Crippen LogP contribution in [0.1, 0.15) is 21.5 Å². The third kappa shape index (κ3) is 4.39. The Bertz CT molecular complexity index is 1280. The zero-order valence-corrected chi connectivity index (χ0v) is 17.4. The summed E-state index contributed by atoms with van der Waals surface area (Å²) in [4.78, 5) is 30.2. The second-order valence-electron chi connectivity index (χ2n) is 7.05. The summed E-state index contributed by atoms with van der Waals surface area (Å²) >= 11 is 0. The van der Waals surface area contributed by atoms with Gasteiger partial charge in [-0.3, -0.25) is 9.59 Å². The second kappa shape index (κ2) is 8.16. The molecule has 156 valence electrons. The number of fused-ring (bicyclic) bond motifs is 1.